The molecule has 0 spiro atoms. The summed E-state index contributed by atoms with van der Waals surface area (Å²) >= 11 is 0. The van der Waals surface area contributed by atoms with Gasteiger partial charge in [-0.2, -0.15) is 0 Å². The number of benzene rings is 1. The van der Waals surface area contributed by atoms with Crippen LogP contribution in [-0.2, 0) is 14.8 Å². The normalized spacial score (nSPS) is 24.8. The van der Waals surface area contributed by atoms with E-state index >= 15 is 0 Å². The van der Waals surface area contributed by atoms with Crippen LogP contribution in [0, 0.1) is 12.8 Å². The van der Waals surface area contributed by atoms with Crippen LogP contribution in [0.5, 0.6) is 0 Å². The Balaban J connectivity index is 0.00000225. The second kappa shape index (κ2) is 7.93. The van der Waals surface area contributed by atoms with E-state index in [-0.39, 0.29) is 36.0 Å². The monoisotopic (exact) mass is 387 g/mol. The van der Waals surface area contributed by atoms with Crippen molar-refractivity contribution in [3.05, 3.63) is 23.8 Å². The second-order valence-electron chi connectivity index (χ2n) is 6.85. The Labute approximate surface area is 155 Å². The quantitative estimate of drug-likeness (QED) is 0.829. The van der Waals surface area contributed by atoms with E-state index in [0.29, 0.717) is 30.8 Å². The van der Waals surface area contributed by atoms with Crippen LogP contribution in [0.15, 0.2) is 18.2 Å². The molecule has 6 nitrogen and oxygen atoms in total. The summed E-state index contributed by atoms with van der Waals surface area (Å²) in [5.41, 5.74) is 8.20. The Morgan fingerprint density at radius 2 is 2.08 bits per heavy atom. The molecule has 1 amide bonds. The summed E-state index contributed by atoms with van der Waals surface area (Å²) in [5, 5.41) is 2.89. The number of carbonyl (C=O) groups excluding carboxylic acids is 1. The van der Waals surface area contributed by atoms with Crippen LogP contribution >= 0.6 is 12.4 Å². The fourth-order valence-electron chi connectivity index (χ4n) is 3.64. The first-order valence-electron chi connectivity index (χ1n) is 8.53. The van der Waals surface area contributed by atoms with Crippen molar-refractivity contribution in [3.63, 3.8) is 0 Å². The molecule has 25 heavy (non-hydrogen) atoms. The van der Waals surface area contributed by atoms with E-state index in [0.717, 1.165) is 24.8 Å². The van der Waals surface area contributed by atoms with Gasteiger partial charge in [0.1, 0.15) is 0 Å². The Bertz CT molecular complexity index is 739. The highest BCUT2D eigenvalue weighted by molar-refractivity contribution is 7.93. The first kappa shape index (κ1) is 20.0. The number of aryl methyl sites for hydroxylation is 1. The number of nitrogens with one attached hydrogen (secondary N) is 1. The fourth-order valence-corrected chi connectivity index (χ4v) is 5.25. The molecule has 1 aromatic carbocycles. The number of amides is 1. The maximum Gasteiger partial charge on any atom is 0.235 e. The molecule has 1 aliphatic carbocycles. The number of rotatable bonds is 4. The third-order valence-corrected chi connectivity index (χ3v) is 6.88. The predicted molar refractivity (Wildman–Crippen MR) is 103 cm³/mol. The number of halogens is 1. The lowest BCUT2D eigenvalue weighted by atomic mass is 10.00. The van der Waals surface area contributed by atoms with Gasteiger partial charge in [0, 0.05) is 24.7 Å². The van der Waals surface area contributed by atoms with Crippen molar-refractivity contribution in [3.8, 4) is 0 Å². The van der Waals surface area contributed by atoms with Gasteiger partial charge in [0.05, 0.1) is 11.4 Å². The predicted octanol–water partition coefficient (Wildman–Crippen LogP) is 2.41. The molecule has 0 bridgehead atoms. The number of hydrogen-bond acceptors (Lipinski definition) is 4. The summed E-state index contributed by atoms with van der Waals surface area (Å²) in [5.74, 6) is 0.369. The van der Waals surface area contributed by atoms with Crippen molar-refractivity contribution in [1.29, 1.82) is 0 Å². The smallest absolute Gasteiger partial charge is 0.235 e. The Hall–Kier alpha value is -1.31. The molecule has 2 fully saturated rings. The minimum atomic E-state index is -3.23. The molecule has 0 unspecified atom stereocenters. The van der Waals surface area contributed by atoms with Gasteiger partial charge in [0.2, 0.25) is 15.9 Å². The van der Waals surface area contributed by atoms with Gasteiger partial charge in [-0.1, -0.05) is 12.5 Å². The standard InChI is InChI=1S/C17H25N3O3S.ClH/c1-12-6-7-14(11-16(12)20-8-3-9-24(20,22)23)19-17(21)10-13-4-2-5-15(13)18;/h6-7,11,13,15H,2-5,8-10,18H2,1H3,(H,19,21);1H/t13-,15+;/m0./s1. The van der Waals surface area contributed by atoms with Crippen molar-refractivity contribution in [2.75, 3.05) is 21.9 Å². The molecule has 1 aromatic rings. The molecule has 8 heteroatoms. The van der Waals surface area contributed by atoms with Crippen molar-refractivity contribution < 1.29 is 13.2 Å². The largest absolute Gasteiger partial charge is 0.327 e. The Morgan fingerprint density at radius 1 is 1.32 bits per heavy atom. The zero-order valence-electron chi connectivity index (χ0n) is 14.4. The second-order valence-corrected chi connectivity index (χ2v) is 8.86. The number of anilines is 2. The fraction of sp³-hybridized carbons (Fsp3) is 0.588. The minimum absolute atomic E-state index is 0. The summed E-state index contributed by atoms with van der Waals surface area (Å²) in [6.07, 6.45) is 4.13. The van der Waals surface area contributed by atoms with Crippen LogP contribution in [0.25, 0.3) is 0 Å². The van der Waals surface area contributed by atoms with Gasteiger partial charge in [-0.15, -0.1) is 12.4 Å². The van der Waals surface area contributed by atoms with Crippen LogP contribution in [0.1, 0.15) is 37.7 Å². The molecular weight excluding hydrogens is 362 g/mol. The van der Waals surface area contributed by atoms with E-state index in [1.165, 1.54) is 4.31 Å². The Morgan fingerprint density at radius 3 is 2.68 bits per heavy atom. The van der Waals surface area contributed by atoms with Crippen molar-refractivity contribution >= 4 is 39.7 Å². The van der Waals surface area contributed by atoms with E-state index in [1.807, 2.05) is 19.1 Å². The number of nitrogens with two attached hydrogens (primary N) is 1. The van der Waals surface area contributed by atoms with Gasteiger partial charge in [0.15, 0.2) is 0 Å². The topological polar surface area (TPSA) is 92.5 Å². The highest BCUT2D eigenvalue weighted by atomic mass is 35.5. The number of hydrogen-bond donors (Lipinski definition) is 2. The van der Waals surface area contributed by atoms with Crippen LogP contribution in [0.3, 0.4) is 0 Å². The molecule has 0 aromatic heterocycles. The highest BCUT2D eigenvalue weighted by Crippen LogP contribution is 2.31. The number of sulfonamides is 1. The molecule has 1 aliphatic heterocycles. The maximum atomic E-state index is 12.3. The lowest BCUT2D eigenvalue weighted by Gasteiger charge is -2.20. The van der Waals surface area contributed by atoms with E-state index in [4.69, 9.17) is 5.73 Å². The number of nitrogens with zero attached hydrogens (tertiary/aromatic N) is 1. The molecule has 2 atom stereocenters. The summed E-state index contributed by atoms with van der Waals surface area (Å²) in [7, 11) is -3.23. The van der Waals surface area contributed by atoms with Crippen LogP contribution in [0.4, 0.5) is 11.4 Å². The zero-order valence-corrected chi connectivity index (χ0v) is 16.0. The van der Waals surface area contributed by atoms with Crippen LogP contribution in [0.2, 0.25) is 0 Å². The summed E-state index contributed by atoms with van der Waals surface area (Å²) in [6, 6.07) is 5.53. The first-order valence-corrected chi connectivity index (χ1v) is 10.1. The lowest BCUT2D eigenvalue weighted by Crippen LogP contribution is -2.28. The maximum absolute atomic E-state index is 12.3. The van der Waals surface area contributed by atoms with E-state index in [9.17, 15) is 13.2 Å². The third kappa shape index (κ3) is 4.46. The van der Waals surface area contributed by atoms with Gasteiger partial charge in [-0.05, 0) is 49.8 Å². The Kier molecular flexibility index (Phi) is 6.35. The molecule has 1 saturated heterocycles. The van der Waals surface area contributed by atoms with Crippen molar-refractivity contribution in [2.45, 2.75) is 45.1 Å². The average molecular weight is 388 g/mol. The van der Waals surface area contributed by atoms with Crippen LogP contribution in [-0.4, -0.2) is 32.7 Å². The van der Waals surface area contributed by atoms with E-state index in [2.05, 4.69) is 5.32 Å². The molecule has 1 saturated carbocycles. The summed E-state index contributed by atoms with van der Waals surface area (Å²) < 4.78 is 25.7. The summed E-state index contributed by atoms with van der Waals surface area (Å²) in [6.45, 7) is 2.38. The van der Waals surface area contributed by atoms with Gasteiger partial charge in [-0.3, -0.25) is 9.10 Å². The molecule has 140 valence electrons. The van der Waals surface area contributed by atoms with Gasteiger partial charge >= 0.3 is 0 Å². The molecule has 3 N–H and O–H groups in total. The van der Waals surface area contributed by atoms with Crippen molar-refractivity contribution in [1.82, 2.24) is 0 Å². The third-order valence-electron chi connectivity index (χ3n) is 5.03. The van der Waals surface area contributed by atoms with E-state index in [1.54, 1.807) is 6.07 Å². The average Bonchev–Trinajstić information content (AvgIpc) is 3.06. The molecule has 2 aliphatic rings. The molecular formula is C17H26ClN3O3S. The first-order chi connectivity index (χ1) is 11.4. The van der Waals surface area contributed by atoms with Gasteiger partial charge < -0.3 is 11.1 Å². The van der Waals surface area contributed by atoms with E-state index < -0.39 is 10.0 Å². The van der Waals surface area contributed by atoms with Gasteiger partial charge in [0.25, 0.3) is 0 Å². The highest BCUT2D eigenvalue weighted by Gasteiger charge is 2.30. The lowest BCUT2D eigenvalue weighted by molar-refractivity contribution is -0.117. The zero-order chi connectivity index (χ0) is 17.3. The number of carbonyl (C=O) groups is 1. The van der Waals surface area contributed by atoms with Gasteiger partial charge in [-0.25, -0.2) is 8.42 Å². The minimum Gasteiger partial charge on any atom is -0.327 e. The van der Waals surface area contributed by atoms with Crippen molar-refractivity contribution in [2.24, 2.45) is 11.7 Å². The summed E-state index contributed by atoms with van der Waals surface area (Å²) in [4.78, 5) is 12.3. The molecule has 0 radical (unpaired) electrons. The molecule has 1 heterocycles. The SMILES string of the molecule is Cc1ccc(NC(=O)C[C@@H]2CCC[C@H]2N)cc1N1CCCS1(=O)=O.Cl. The van der Waals surface area contributed by atoms with Crippen LogP contribution < -0.4 is 15.4 Å². The molecule has 3 rings (SSSR count).